The van der Waals surface area contributed by atoms with E-state index in [1.807, 2.05) is 23.5 Å². The zero-order valence-electron chi connectivity index (χ0n) is 7.42. The molecule has 2 aliphatic rings. The number of ether oxygens (including phenoxy) is 1. The van der Waals surface area contributed by atoms with Crippen LogP contribution in [0.15, 0.2) is 10.6 Å². The van der Waals surface area contributed by atoms with Gasteiger partial charge >= 0.3 is 0 Å². The molecular weight excluding hydrogens is 224 g/mol. The molecule has 2 aliphatic heterocycles. The highest BCUT2D eigenvalue weighted by atomic mass is 35.5. The van der Waals surface area contributed by atoms with Crippen LogP contribution in [0.4, 0.5) is 0 Å². The lowest BCUT2D eigenvalue weighted by Gasteiger charge is -2.27. The van der Waals surface area contributed by atoms with Crippen molar-refractivity contribution in [2.24, 2.45) is 0 Å². The Morgan fingerprint density at radius 1 is 1.31 bits per heavy atom. The van der Waals surface area contributed by atoms with Gasteiger partial charge in [0.15, 0.2) is 0 Å². The zero-order chi connectivity index (χ0) is 9.10. The van der Waals surface area contributed by atoms with E-state index < -0.39 is 0 Å². The Morgan fingerprint density at radius 2 is 2.08 bits per heavy atom. The molecule has 1 nitrogen and oxygen atoms in total. The number of halogens is 1. The summed E-state index contributed by atoms with van der Waals surface area (Å²) in [6.45, 7) is 1.55. The predicted octanol–water partition coefficient (Wildman–Crippen LogP) is 3.10. The van der Waals surface area contributed by atoms with Crippen LogP contribution in [0, 0.1) is 0 Å². The minimum absolute atomic E-state index is 0.571. The fourth-order valence-electron chi connectivity index (χ4n) is 1.47. The van der Waals surface area contributed by atoms with Crippen LogP contribution in [0.25, 0.3) is 0 Å². The molecule has 4 heteroatoms. The van der Waals surface area contributed by atoms with Crippen LogP contribution in [0.5, 0.6) is 0 Å². The highest BCUT2D eigenvalue weighted by Crippen LogP contribution is 2.39. The Labute approximate surface area is 92.6 Å². The summed E-state index contributed by atoms with van der Waals surface area (Å²) in [6, 6.07) is 0. The maximum Gasteiger partial charge on any atom is 0.0747 e. The topological polar surface area (TPSA) is 9.23 Å². The fraction of sp³-hybridized carbons (Fsp3) is 0.778. The highest BCUT2D eigenvalue weighted by Gasteiger charge is 2.23. The molecule has 0 saturated carbocycles. The third kappa shape index (κ3) is 2.58. The molecule has 0 spiro atoms. The lowest BCUT2D eigenvalue weighted by atomic mass is 10.2. The molecule has 0 aliphatic carbocycles. The molecule has 2 rings (SSSR count). The van der Waals surface area contributed by atoms with E-state index in [0.717, 1.165) is 24.7 Å². The number of hydrogen-bond acceptors (Lipinski definition) is 3. The Bertz CT molecular complexity index is 212. The first-order chi connectivity index (χ1) is 6.38. The number of hydrogen-bond donors (Lipinski definition) is 0. The molecule has 0 aromatic carbocycles. The van der Waals surface area contributed by atoms with E-state index >= 15 is 0 Å². The molecule has 0 aromatic rings. The smallest absolute Gasteiger partial charge is 0.0747 e. The lowest BCUT2D eigenvalue weighted by Crippen LogP contribution is -2.19. The SMILES string of the molecule is ClC1=C(C2SCCCS2)COCC1. The van der Waals surface area contributed by atoms with Crippen molar-refractivity contribution in [3.63, 3.8) is 0 Å². The first-order valence-electron chi connectivity index (χ1n) is 4.56. The molecular formula is C9H13ClOS2. The maximum atomic E-state index is 6.19. The first-order valence-corrected chi connectivity index (χ1v) is 7.04. The van der Waals surface area contributed by atoms with Crippen LogP contribution in [0.3, 0.4) is 0 Å². The molecule has 0 N–H and O–H groups in total. The van der Waals surface area contributed by atoms with Gasteiger partial charge in [-0.1, -0.05) is 11.6 Å². The van der Waals surface area contributed by atoms with E-state index in [4.69, 9.17) is 16.3 Å². The molecule has 0 radical (unpaired) electrons. The van der Waals surface area contributed by atoms with Gasteiger partial charge in [0.1, 0.15) is 0 Å². The summed E-state index contributed by atoms with van der Waals surface area (Å²) in [7, 11) is 0. The molecule has 0 unspecified atom stereocenters. The molecule has 1 fully saturated rings. The van der Waals surface area contributed by atoms with Gasteiger partial charge in [0.2, 0.25) is 0 Å². The molecule has 0 amide bonds. The van der Waals surface area contributed by atoms with Gasteiger partial charge in [-0.25, -0.2) is 0 Å². The van der Waals surface area contributed by atoms with Crippen LogP contribution >= 0.6 is 35.1 Å². The number of thioether (sulfide) groups is 2. The lowest BCUT2D eigenvalue weighted by molar-refractivity contribution is 0.149. The second-order valence-corrected chi connectivity index (χ2v) is 6.34. The van der Waals surface area contributed by atoms with Crippen molar-refractivity contribution in [2.45, 2.75) is 17.4 Å². The average molecular weight is 237 g/mol. The van der Waals surface area contributed by atoms with Crippen LogP contribution in [0.2, 0.25) is 0 Å². The van der Waals surface area contributed by atoms with Gasteiger partial charge in [-0.2, -0.15) is 0 Å². The normalized spacial score (nSPS) is 26.5. The summed E-state index contributed by atoms with van der Waals surface area (Å²) >= 11 is 10.2. The maximum absolute atomic E-state index is 6.19. The van der Waals surface area contributed by atoms with E-state index in [9.17, 15) is 0 Å². The van der Waals surface area contributed by atoms with Crippen molar-refractivity contribution in [3.8, 4) is 0 Å². The van der Waals surface area contributed by atoms with Gasteiger partial charge in [-0.3, -0.25) is 0 Å². The Morgan fingerprint density at radius 3 is 2.77 bits per heavy atom. The van der Waals surface area contributed by atoms with Crippen molar-refractivity contribution in [2.75, 3.05) is 24.7 Å². The van der Waals surface area contributed by atoms with Crippen molar-refractivity contribution in [3.05, 3.63) is 10.6 Å². The summed E-state index contributed by atoms with van der Waals surface area (Å²) in [5, 5.41) is 1.05. The standard InChI is InChI=1S/C9H13ClOS2/c10-8-2-3-11-6-7(8)9-12-4-1-5-13-9/h9H,1-6H2. The van der Waals surface area contributed by atoms with Crippen LogP contribution < -0.4 is 0 Å². The second kappa shape index (κ2) is 4.96. The molecule has 13 heavy (non-hydrogen) atoms. The van der Waals surface area contributed by atoms with Crippen molar-refractivity contribution >= 4 is 35.1 Å². The van der Waals surface area contributed by atoms with Crippen molar-refractivity contribution in [1.29, 1.82) is 0 Å². The third-order valence-corrected chi connectivity index (χ3v) is 5.66. The second-order valence-electron chi connectivity index (χ2n) is 3.16. The first kappa shape index (κ1) is 10.2. The largest absolute Gasteiger partial charge is 0.377 e. The van der Waals surface area contributed by atoms with E-state index in [1.54, 1.807) is 0 Å². The van der Waals surface area contributed by atoms with Crippen molar-refractivity contribution < 1.29 is 4.74 Å². The van der Waals surface area contributed by atoms with Gasteiger partial charge < -0.3 is 4.74 Å². The number of rotatable bonds is 1. The third-order valence-electron chi connectivity index (χ3n) is 2.18. The Hall–Kier alpha value is 0.690. The summed E-state index contributed by atoms with van der Waals surface area (Å²) in [4.78, 5) is 0. The predicted molar refractivity (Wildman–Crippen MR) is 61.6 cm³/mol. The molecule has 0 atom stereocenters. The quantitative estimate of drug-likeness (QED) is 0.693. The summed E-state index contributed by atoms with van der Waals surface area (Å²) < 4.78 is 6.01. The summed E-state index contributed by atoms with van der Waals surface area (Å²) in [6.07, 6.45) is 2.24. The van der Waals surface area contributed by atoms with E-state index in [1.165, 1.54) is 23.5 Å². The highest BCUT2D eigenvalue weighted by molar-refractivity contribution is 8.17. The van der Waals surface area contributed by atoms with Crippen LogP contribution in [-0.4, -0.2) is 29.3 Å². The monoisotopic (exact) mass is 236 g/mol. The average Bonchev–Trinajstić information content (AvgIpc) is 2.20. The minimum Gasteiger partial charge on any atom is -0.377 e. The van der Waals surface area contributed by atoms with Crippen molar-refractivity contribution in [1.82, 2.24) is 0 Å². The minimum atomic E-state index is 0.571. The fourth-order valence-corrected chi connectivity index (χ4v) is 4.86. The summed E-state index contributed by atoms with van der Waals surface area (Å²) in [5.74, 6) is 2.54. The molecule has 2 heterocycles. The van der Waals surface area contributed by atoms with E-state index in [2.05, 4.69) is 0 Å². The molecule has 0 bridgehead atoms. The van der Waals surface area contributed by atoms with Crippen LogP contribution in [-0.2, 0) is 4.74 Å². The molecule has 74 valence electrons. The zero-order valence-corrected chi connectivity index (χ0v) is 9.81. The van der Waals surface area contributed by atoms with Gasteiger partial charge in [0.25, 0.3) is 0 Å². The van der Waals surface area contributed by atoms with Crippen LogP contribution in [0.1, 0.15) is 12.8 Å². The Balaban J connectivity index is 2.04. The van der Waals surface area contributed by atoms with Gasteiger partial charge in [-0.15, -0.1) is 23.5 Å². The molecule has 0 aromatic heterocycles. The van der Waals surface area contributed by atoms with Gasteiger partial charge in [0, 0.05) is 11.5 Å². The van der Waals surface area contributed by atoms with E-state index in [0.29, 0.717) is 4.58 Å². The van der Waals surface area contributed by atoms with Gasteiger partial charge in [-0.05, 0) is 23.5 Å². The van der Waals surface area contributed by atoms with E-state index in [-0.39, 0.29) is 0 Å². The summed E-state index contributed by atoms with van der Waals surface area (Å²) in [5.41, 5.74) is 1.34. The Kier molecular flexibility index (Phi) is 3.90. The van der Waals surface area contributed by atoms with Gasteiger partial charge in [0.05, 0.1) is 17.8 Å². The molecule has 1 saturated heterocycles.